The number of pyridine rings is 1. The standard InChI is InChI=1S/C40H40N8O10/c1-3-5-7-25(4-2)45-37-24(19-41)20-42-29-11-10-26(18-28(29)37)44-33(50)21-43-34(51)22-57-16-14-56-15-17-58-23-35(52)46-30-9-6-8-27-36(30)40(55)48(39(27)54)31-12-13-32(49)47-38(31)53/h3-11,18,20,31H,1,12-17,21-23H2,2H3,(H,42,45)(H,43,51)(H,44,50)(H,46,52)(H,47,49,53)/b7-5-,25-4+. The van der Waals surface area contributed by atoms with E-state index < -0.39 is 47.4 Å². The molecule has 58 heavy (non-hydrogen) atoms. The van der Waals surface area contributed by atoms with Crippen LogP contribution in [0.3, 0.4) is 0 Å². The number of amides is 7. The van der Waals surface area contributed by atoms with Gasteiger partial charge in [-0.25, -0.2) is 0 Å². The highest BCUT2D eigenvalue weighted by molar-refractivity contribution is 6.26. The average molecular weight is 793 g/mol. The molecule has 3 heterocycles. The fourth-order valence-electron chi connectivity index (χ4n) is 5.92. The Bertz CT molecular complexity index is 2250. The van der Waals surface area contributed by atoms with E-state index in [1.807, 2.05) is 13.0 Å². The highest BCUT2D eigenvalue weighted by Gasteiger charge is 2.45. The number of imide groups is 2. The average Bonchev–Trinajstić information content (AvgIpc) is 3.46. The number of hydrogen-bond acceptors (Lipinski definition) is 13. The lowest BCUT2D eigenvalue weighted by Crippen LogP contribution is -2.54. The van der Waals surface area contributed by atoms with Crippen LogP contribution >= 0.6 is 0 Å². The largest absolute Gasteiger partial charge is 0.377 e. The number of nitriles is 1. The highest BCUT2D eigenvalue weighted by atomic mass is 16.5. The van der Waals surface area contributed by atoms with Crippen molar-refractivity contribution in [3.05, 3.63) is 95.9 Å². The summed E-state index contributed by atoms with van der Waals surface area (Å²) in [7, 11) is 0. The summed E-state index contributed by atoms with van der Waals surface area (Å²) in [4.78, 5) is 92.6. The molecule has 0 radical (unpaired) electrons. The van der Waals surface area contributed by atoms with E-state index in [2.05, 4.69) is 44.2 Å². The molecule has 3 aromatic rings. The van der Waals surface area contributed by atoms with Crippen molar-refractivity contribution in [1.82, 2.24) is 20.5 Å². The predicted molar refractivity (Wildman–Crippen MR) is 209 cm³/mol. The van der Waals surface area contributed by atoms with E-state index in [9.17, 15) is 38.8 Å². The van der Waals surface area contributed by atoms with Crippen LogP contribution in [0, 0.1) is 11.3 Å². The third-order valence-electron chi connectivity index (χ3n) is 8.66. The minimum absolute atomic E-state index is 0.00406. The third kappa shape index (κ3) is 10.6. The molecule has 1 unspecified atom stereocenters. The van der Waals surface area contributed by atoms with E-state index in [-0.39, 0.29) is 75.8 Å². The van der Waals surface area contributed by atoms with Crippen LogP contribution in [-0.2, 0) is 38.2 Å². The Balaban J connectivity index is 0.963. The summed E-state index contributed by atoms with van der Waals surface area (Å²) in [6.45, 7) is 4.79. The molecule has 0 aliphatic carbocycles. The van der Waals surface area contributed by atoms with E-state index in [1.54, 1.807) is 36.4 Å². The number of aromatic nitrogens is 1. The quantitative estimate of drug-likeness (QED) is 0.0665. The number of rotatable bonds is 19. The van der Waals surface area contributed by atoms with Crippen molar-refractivity contribution in [3.8, 4) is 6.07 Å². The van der Waals surface area contributed by atoms with Crippen molar-refractivity contribution in [2.24, 2.45) is 0 Å². The molecular formula is C40H40N8O10. The third-order valence-corrected chi connectivity index (χ3v) is 8.66. The van der Waals surface area contributed by atoms with Crippen molar-refractivity contribution in [1.29, 1.82) is 5.26 Å². The first-order valence-electron chi connectivity index (χ1n) is 18.0. The summed E-state index contributed by atoms with van der Waals surface area (Å²) in [6, 6.07) is 10.4. The Morgan fingerprint density at radius 1 is 0.966 bits per heavy atom. The van der Waals surface area contributed by atoms with Gasteiger partial charge in [0.05, 0.1) is 66.6 Å². The molecule has 18 heteroatoms. The van der Waals surface area contributed by atoms with Gasteiger partial charge in [-0.2, -0.15) is 5.26 Å². The molecule has 0 saturated carbocycles. The van der Waals surface area contributed by atoms with Gasteiger partial charge in [0.25, 0.3) is 11.8 Å². The maximum atomic E-state index is 13.2. The summed E-state index contributed by atoms with van der Waals surface area (Å²) in [5.74, 6) is -4.28. The van der Waals surface area contributed by atoms with Crippen LogP contribution < -0.4 is 26.6 Å². The fraction of sp³-hybridized carbons (Fsp3) is 0.275. The molecule has 5 rings (SSSR count). The number of fused-ring (bicyclic) bond motifs is 2. The number of carbonyl (C=O) groups is 7. The van der Waals surface area contributed by atoms with Crippen LogP contribution in [0.4, 0.5) is 17.1 Å². The zero-order valence-corrected chi connectivity index (χ0v) is 31.4. The maximum absolute atomic E-state index is 13.2. The SMILES string of the molecule is C=C/C=C\C(=C/C)Nc1c(C#N)cnc2ccc(NC(=O)CNC(=O)COCCOCCOCC(=O)Nc3cccc4c3C(=O)N(C3CCC(=O)NC3=O)C4=O)cc12. The van der Waals surface area contributed by atoms with Crippen LogP contribution in [0.1, 0.15) is 46.0 Å². The Labute approximate surface area is 332 Å². The predicted octanol–water partition coefficient (Wildman–Crippen LogP) is 2.31. The van der Waals surface area contributed by atoms with Crippen LogP contribution in [0.5, 0.6) is 0 Å². The molecule has 300 valence electrons. The van der Waals surface area contributed by atoms with E-state index in [4.69, 9.17) is 14.2 Å². The first-order valence-corrected chi connectivity index (χ1v) is 18.0. The second-order valence-electron chi connectivity index (χ2n) is 12.6. The molecule has 0 spiro atoms. The van der Waals surface area contributed by atoms with Crippen molar-refractivity contribution in [2.45, 2.75) is 25.8 Å². The Hall–Kier alpha value is -7.07. The number of ether oxygens (including phenoxy) is 3. The lowest BCUT2D eigenvalue weighted by Gasteiger charge is -2.27. The number of hydrogen-bond donors (Lipinski definition) is 5. The van der Waals surface area contributed by atoms with Gasteiger partial charge in [0, 0.05) is 29.4 Å². The molecule has 0 bridgehead atoms. The van der Waals surface area contributed by atoms with E-state index in [1.165, 1.54) is 24.4 Å². The smallest absolute Gasteiger partial charge is 0.264 e. The zero-order chi connectivity index (χ0) is 41.6. The topological polar surface area (TPSA) is 247 Å². The van der Waals surface area contributed by atoms with Gasteiger partial charge >= 0.3 is 0 Å². The van der Waals surface area contributed by atoms with Gasteiger partial charge < -0.3 is 35.5 Å². The molecule has 18 nitrogen and oxygen atoms in total. The number of nitrogens with zero attached hydrogens (tertiary/aromatic N) is 3. The van der Waals surface area contributed by atoms with Gasteiger partial charge in [-0.15, -0.1) is 0 Å². The number of anilines is 3. The minimum Gasteiger partial charge on any atom is -0.377 e. The first-order chi connectivity index (χ1) is 28.0. The summed E-state index contributed by atoms with van der Waals surface area (Å²) in [6.07, 6.45) is 8.46. The number of allylic oxidation sites excluding steroid dienone is 4. The molecule has 5 N–H and O–H groups in total. The molecule has 1 aromatic heterocycles. The van der Waals surface area contributed by atoms with Crippen LogP contribution in [-0.4, -0.2) is 103 Å². The number of benzene rings is 2. The van der Waals surface area contributed by atoms with Crippen molar-refractivity contribution >= 4 is 69.3 Å². The second kappa shape index (κ2) is 20.2. The van der Waals surface area contributed by atoms with Gasteiger partial charge in [-0.05, 0) is 49.8 Å². The summed E-state index contributed by atoms with van der Waals surface area (Å²) < 4.78 is 16.0. The van der Waals surface area contributed by atoms with E-state index >= 15 is 0 Å². The van der Waals surface area contributed by atoms with Gasteiger partial charge in [0.2, 0.25) is 29.5 Å². The molecule has 1 fully saturated rings. The molecular weight excluding hydrogens is 752 g/mol. The van der Waals surface area contributed by atoms with E-state index in [0.29, 0.717) is 27.8 Å². The number of nitrogens with one attached hydrogen (secondary N) is 5. The van der Waals surface area contributed by atoms with Crippen molar-refractivity contribution in [2.75, 3.05) is 62.1 Å². The molecule has 2 aliphatic rings. The lowest BCUT2D eigenvalue weighted by atomic mass is 10.0. The van der Waals surface area contributed by atoms with Gasteiger partial charge in [0.1, 0.15) is 25.3 Å². The number of carbonyl (C=O) groups excluding carboxylic acids is 7. The maximum Gasteiger partial charge on any atom is 0.264 e. The van der Waals surface area contributed by atoms with Crippen molar-refractivity contribution < 1.29 is 47.8 Å². The second-order valence-corrected chi connectivity index (χ2v) is 12.6. The fourth-order valence-corrected chi connectivity index (χ4v) is 5.92. The van der Waals surface area contributed by atoms with Crippen LogP contribution in [0.15, 0.2) is 79.2 Å². The van der Waals surface area contributed by atoms with E-state index in [0.717, 1.165) is 10.6 Å². The Morgan fingerprint density at radius 2 is 1.71 bits per heavy atom. The highest BCUT2D eigenvalue weighted by Crippen LogP contribution is 2.33. The molecule has 2 aromatic carbocycles. The van der Waals surface area contributed by atoms with Crippen LogP contribution in [0.2, 0.25) is 0 Å². The summed E-state index contributed by atoms with van der Waals surface area (Å²) in [5.41, 5.74) is 2.64. The van der Waals surface area contributed by atoms with Gasteiger partial charge in [-0.1, -0.05) is 30.9 Å². The molecule has 1 saturated heterocycles. The van der Waals surface area contributed by atoms with Crippen LogP contribution in [0.25, 0.3) is 10.9 Å². The molecule has 2 aliphatic heterocycles. The lowest BCUT2D eigenvalue weighted by molar-refractivity contribution is -0.136. The monoisotopic (exact) mass is 792 g/mol. The zero-order valence-electron chi connectivity index (χ0n) is 31.4. The first kappa shape index (κ1) is 42.1. The van der Waals surface area contributed by atoms with Gasteiger partial charge in [0.15, 0.2) is 0 Å². The van der Waals surface area contributed by atoms with Crippen molar-refractivity contribution in [3.63, 3.8) is 0 Å². The Morgan fingerprint density at radius 3 is 2.41 bits per heavy atom. The summed E-state index contributed by atoms with van der Waals surface area (Å²) in [5, 5.41) is 23.4. The summed E-state index contributed by atoms with van der Waals surface area (Å²) >= 11 is 0. The number of piperidine rings is 1. The minimum atomic E-state index is -1.14. The van der Waals surface area contributed by atoms with Gasteiger partial charge in [-0.3, -0.25) is 48.8 Å². The normalized spacial score (nSPS) is 15.2. The molecule has 1 atom stereocenters. The molecule has 7 amide bonds. The Kier molecular flexibility index (Phi) is 14.7.